The van der Waals surface area contributed by atoms with Crippen LogP contribution in [-0.2, 0) is 28.2 Å². The smallest absolute Gasteiger partial charge is 0.222 e. The third-order valence-electron chi connectivity index (χ3n) is 6.12. The van der Waals surface area contributed by atoms with Crippen LogP contribution in [0.2, 0.25) is 0 Å². The van der Waals surface area contributed by atoms with Crippen LogP contribution in [0.25, 0.3) is 11.0 Å². The first-order valence-electron chi connectivity index (χ1n) is 10.6. The summed E-state index contributed by atoms with van der Waals surface area (Å²) >= 11 is 0. The molecule has 1 aliphatic carbocycles. The van der Waals surface area contributed by atoms with Crippen molar-refractivity contribution >= 4 is 16.9 Å². The molecule has 0 spiro atoms. The molecule has 1 fully saturated rings. The second kappa shape index (κ2) is 8.82. The normalized spacial score (nSPS) is 16.2. The Morgan fingerprint density at radius 3 is 2.66 bits per heavy atom. The number of ether oxygens (including phenoxy) is 1. The number of benzene rings is 1. The lowest BCUT2D eigenvalue weighted by Crippen LogP contribution is -2.40. The number of hydrogen-bond donors (Lipinski definition) is 1. The Morgan fingerprint density at radius 2 is 1.90 bits per heavy atom. The standard InChI is InChI=1S/C23H30N4O2/c1-29-16-15-27-20-10-4-3-9-19(20)25-21(27)18-24-22(28)17-23(11-5-2-6-12-23)26-13-7-8-14-26/h3-4,7-10,13-14H,2,5-6,11-12,15-18H2,1H3,(H,24,28). The molecule has 1 aromatic carbocycles. The highest BCUT2D eigenvalue weighted by Gasteiger charge is 2.35. The van der Waals surface area contributed by atoms with Crippen molar-refractivity contribution in [1.82, 2.24) is 19.4 Å². The van der Waals surface area contributed by atoms with E-state index in [2.05, 4.69) is 32.9 Å². The minimum atomic E-state index is -0.0952. The Hall–Kier alpha value is -2.60. The zero-order chi connectivity index (χ0) is 20.1. The molecule has 2 heterocycles. The minimum Gasteiger partial charge on any atom is -0.383 e. The molecule has 0 atom stereocenters. The number of methoxy groups -OCH3 is 1. The lowest BCUT2D eigenvalue weighted by Gasteiger charge is -2.38. The van der Waals surface area contributed by atoms with Gasteiger partial charge in [0.1, 0.15) is 5.82 Å². The van der Waals surface area contributed by atoms with E-state index in [9.17, 15) is 4.79 Å². The summed E-state index contributed by atoms with van der Waals surface area (Å²) in [5, 5.41) is 3.13. The third kappa shape index (κ3) is 4.22. The Morgan fingerprint density at radius 1 is 1.14 bits per heavy atom. The fraction of sp³-hybridized carbons (Fsp3) is 0.478. The molecule has 1 N–H and O–H groups in total. The number of fused-ring (bicyclic) bond motifs is 1. The molecule has 2 aromatic heterocycles. The highest BCUT2D eigenvalue weighted by atomic mass is 16.5. The summed E-state index contributed by atoms with van der Waals surface area (Å²) in [5.74, 6) is 0.959. The molecule has 1 amide bonds. The number of amides is 1. The highest BCUT2D eigenvalue weighted by molar-refractivity contribution is 5.78. The Labute approximate surface area is 171 Å². The van der Waals surface area contributed by atoms with Gasteiger partial charge in [-0.1, -0.05) is 31.4 Å². The molecule has 1 aliphatic rings. The van der Waals surface area contributed by atoms with Crippen molar-refractivity contribution in [2.45, 2.75) is 57.2 Å². The van der Waals surface area contributed by atoms with Gasteiger partial charge in [-0.15, -0.1) is 0 Å². The van der Waals surface area contributed by atoms with E-state index in [0.717, 1.165) is 36.2 Å². The van der Waals surface area contributed by atoms with Crippen LogP contribution in [0.1, 0.15) is 44.3 Å². The first-order valence-corrected chi connectivity index (χ1v) is 10.6. The zero-order valence-corrected chi connectivity index (χ0v) is 17.1. The molecule has 1 saturated carbocycles. The third-order valence-corrected chi connectivity index (χ3v) is 6.12. The zero-order valence-electron chi connectivity index (χ0n) is 17.1. The Bertz CT molecular complexity index is 939. The molecule has 154 valence electrons. The molecule has 3 aromatic rings. The van der Waals surface area contributed by atoms with Gasteiger partial charge in [0.25, 0.3) is 0 Å². The van der Waals surface area contributed by atoms with Gasteiger partial charge in [-0.3, -0.25) is 4.79 Å². The van der Waals surface area contributed by atoms with Crippen LogP contribution in [0.4, 0.5) is 0 Å². The predicted octanol–water partition coefficient (Wildman–Crippen LogP) is 3.85. The predicted molar refractivity (Wildman–Crippen MR) is 114 cm³/mol. The average Bonchev–Trinajstić information content (AvgIpc) is 3.40. The van der Waals surface area contributed by atoms with Crippen LogP contribution in [0.15, 0.2) is 48.8 Å². The van der Waals surface area contributed by atoms with E-state index >= 15 is 0 Å². The van der Waals surface area contributed by atoms with Gasteiger partial charge in [-0.2, -0.15) is 0 Å². The quantitative estimate of drug-likeness (QED) is 0.631. The van der Waals surface area contributed by atoms with Crippen LogP contribution in [0.3, 0.4) is 0 Å². The van der Waals surface area contributed by atoms with E-state index in [1.165, 1.54) is 19.3 Å². The number of nitrogens with zero attached hydrogens (tertiary/aromatic N) is 3. The highest BCUT2D eigenvalue weighted by Crippen LogP contribution is 2.38. The lowest BCUT2D eigenvalue weighted by molar-refractivity contribution is -0.123. The lowest BCUT2D eigenvalue weighted by atomic mass is 9.78. The average molecular weight is 395 g/mol. The number of nitrogens with one attached hydrogen (secondary N) is 1. The first kappa shape index (κ1) is 19.7. The molecule has 0 unspecified atom stereocenters. The fourth-order valence-corrected chi connectivity index (χ4v) is 4.62. The van der Waals surface area contributed by atoms with Gasteiger partial charge in [-0.05, 0) is 37.1 Å². The van der Waals surface area contributed by atoms with Gasteiger partial charge >= 0.3 is 0 Å². The van der Waals surface area contributed by atoms with Crippen LogP contribution in [-0.4, -0.2) is 33.7 Å². The van der Waals surface area contributed by atoms with Crippen molar-refractivity contribution in [3.63, 3.8) is 0 Å². The summed E-state index contributed by atoms with van der Waals surface area (Å²) in [5.41, 5.74) is 1.93. The van der Waals surface area contributed by atoms with Crippen LogP contribution in [0, 0.1) is 0 Å². The van der Waals surface area contributed by atoms with Crippen LogP contribution >= 0.6 is 0 Å². The summed E-state index contributed by atoms with van der Waals surface area (Å²) in [7, 11) is 1.70. The van der Waals surface area contributed by atoms with Crippen LogP contribution < -0.4 is 5.32 Å². The SMILES string of the molecule is COCCn1c(CNC(=O)CC2(n3cccc3)CCCCC2)nc2ccccc21. The van der Waals surface area contributed by atoms with Crippen molar-refractivity contribution in [3.8, 4) is 0 Å². The molecular weight excluding hydrogens is 364 g/mol. The second-order valence-corrected chi connectivity index (χ2v) is 7.99. The summed E-state index contributed by atoms with van der Waals surface area (Å²) in [6, 6.07) is 12.2. The van der Waals surface area contributed by atoms with Crippen molar-refractivity contribution in [2.24, 2.45) is 0 Å². The maximum absolute atomic E-state index is 12.9. The van der Waals surface area contributed by atoms with E-state index < -0.39 is 0 Å². The largest absolute Gasteiger partial charge is 0.383 e. The number of carbonyl (C=O) groups excluding carboxylic acids is 1. The van der Waals surface area contributed by atoms with E-state index in [4.69, 9.17) is 9.72 Å². The maximum atomic E-state index is 12.9. The number of carbonyl (C=O) groups is 1. The van der Waals surface area contributed by atoms with Crippen molar-refractivity contribution in [2.75, 3.05) is 13.7 Å². The topological polar surface area (TPSA) is 61.1 Å². The van der Waals surface area contributed by atoms with E-state index in [1.807, 2.05) is 30.3 Å². The number of aromatic nitrogens is 3. The molecule has 6 heteroatoms. The monoisotopic (exact) mass is 394 g/mol. The van der Waals surface area contributed by atoms with Crippen molar-refractivity contribution < 1.29 is 9.53 Å². The number of rotatable bonds is 8. The van der Waals surface area contributed by atoms with Gasteiger partial charge < -0.3 is 19.2 Å². The number of para-hydroxylation sites is 2. The molecule has 4 rings (SSSR count). The summed E-state index contributed by atoms with van der Waals surface area (Å²) in [6.07, 6.45) is 10.4. The van der Waals surface area contributed by atoms with E-state index in [-0.39, 0.29) is 11.4 Å². The Balaban J connectivity index is 1.48. The summed E-state index contributed by atoms with van der Waals surface area (Å²) < 4.78 is 9.65. The van der Waals surface area contributed by atoms with E-state index in [0.29, 0.717) is 19.6 Å². The van der Waals surface area contributed by atoms with Crippen molar-refractivity contribution in [3.05, 3.63) is 54.6 Å². The number of imidazole rings is 1. The molecule has 0 aliphatic heterocycles. The molecule has 0 saturated heterocycles. The second-order valence-electron chi connectivity index (χ2n) is 7.99. The minimum absolute atomic E-state index is 0.0888. The summed E-state index contributed by atoms with van der Waals surface area (Å²) in [6.45, 7) is 1.76. The fourth-order valence-electron chi connectivity index (χ4n) is 4.62. The van der Waals surface area contributed by atoms with Gasteiger partial charge in [0, 0.05) is 26.0 Å². The Kier molecular flexibility index (Phi) is 6.00. The van der Waals surface area contributed by atoms with Crippen LogP contribution in [0.5, 0.6) is 0 Å². The van der Waals surface area contributed by atoms with Gasteiger partial charge in [0.2, 0.25) is 5.91 Å². The molecule has 0 bridgehead atoms. The maximum Gasteiger partial charge on any atom is 0.222 e. The summed E-state index contributed by atoms with van der Waals surface area (Å²) in [4.78, 5) is 17.7. The van der Waals surface area contributed by atoms with E-state index in [1.54, 1.807) is 7.11 Å². The number of hydrogen-bond acceptors (Lipinski definition) is 3. The van der Waals surface area contributed by atoms with Gasteiger partial charge in [0.05, 0.1) is 36.1 Å². The molecule has 0 radical (unpaired) electrons. The molecular formula is C23H30N4O2. The molecule has 29 heavy (non-hydrogen) atoms. The van der Waals surface area contributed by atoms with Gasteiger partial charge in [-0.25, -0.2) is 4.98 Å². The molecule has 6 nitrogen and oxygen atoms in total. The van der Waals surface area contributed by atoms with Crippen molar-refractivity contribution in [1.29, 1.82) is 0 Å². The van der Waals surface area contributed by atoms with Gasteiger partial charge in [0.15, 0.2) is 0 Å². The first-order chi connectivity index (χ1) is 14.2.